The Hall–Kier alpha value is -3.04. The molecular weight excluding hydrogens is 472 g/mol. The van der Waals surface area contributed by atoms with Gasteiger partial charge in [-0.3, -0.25) is 14.5 Å². The molecule has 0 spiro atoms. The van der Waals surface area contributed by atoms with Gasteiger partial charge in [0.2, 0.25) is 0 Å². The largest absolute Gasteiger partial charge is 0.496 e. The van der Waals surface area contributed by atoms with Crippen LogP contribution in [0, 0.1) is 0 Å². The quantitative estimate of drug-likeness (QED) is 0.397. The molecule has 0 fully saturated rings. The predicted molar refractivity (Wildman–Crippen MR) is 114 cm³/mol. The van der Waals surface area contributed by atoms with Crippen molar-refractivity contribution in [3.63, 3.8) is 0 Å². The zero-order valence-electron chi connectivity index (χ0n) is 16.0. The number of benzene rings is 2. The molecule has 0 saturated carbocycles. The van der Waals surface area contributed by atoms with Crippen LogP contribution in [-0.2, 0) is 11.3 Å². The highest BCUT2D eigenvalue weighted by molar-refractivity contribution is 9.10. The fraction of sp³-hybridized carbons (Fsp3) is 0.143. The number of imide groups is 1. The molecule has 0 bridgehead atoms. The van der Waals surface area contributed by atoms with Gasteiger partial charge in [-0.2, -0.15) is 0 Å². The predicted octanol–water partition coefficient (Wildman–Crippen LogP) is 4.16. The molecule has 0 unspecified atom stereocenters. The second-order valence-corrected chi connectivity index (χ2v) is 8.27. The summed E-state index contributed by atoms with van der Waals surface area (Å²) in [5.41, 5.74) is 2.12. The zero-order chi connectivity index (χ0) is 21.4. The van der Waals surface area contributed by atoms with Gasteiger partial charge in [0.25, 0.3) is 11.8 Å². The van der Waals surface area contributed by atoms with Crippen molar-refractivity contribution in [1.29, 1.82) is 0 Å². The summed E-state index contributed by atoms with van der Waals surface area (Å²) in [5, 5.41) is 2.55. The van der Waals surface area contributed by atoms with Crippen LogP contribution in [0.25, 0.3) is 10.6 Å². The fourth-order valence-corrected chi connectivity index (χ4v) is 4.24. The summed E-state index contributed by atoms with van der Waals surface area (Å²) in [6, 6.07) is 9.97. The van der Waals surface area contributed by atoms with Crippen molar-refractivity contribution >= 4 is 45.1 Å². The molecule has 9 heteroatoms. The van der Waals surface area contributed by atoms with Crippen LogP contribution < -0.4 is 4.74 Å². The van der Waals surface area contributed by atoms with E-state index in [1.54, 1.807) is 7.11 Å². The number of hydrogen-bond acceptors (Lipinski definition) is 7. The van der Waals surface area contributed by atoms with E-state index < -0.39 is 11.9 Å². The number of nitrogens with zero attached hydrogens (tertiary/aromatic N) is 2. The molecule has 4 rings (SSSR count). The molecule has 1 aliphatic rings. The summed E-state index contributed by atoms with van der Waals surface area (Å²) in [7, 11) is 3.00. The van der Waals surface area contributed by atoms with Crippen molar-refractivity contribution < 1.29 is 23.9 Å². The summed E-state index contributed by atoms with van der Waals surface area (Å²) in [6.07, 6.45) is 0. The van der Waals surface area contributed by atoms with Gasteiger partial charge in [0, 0.05) is 16.9 Å². The molecule has 30 heavy (non-hydrogen) atoms. The fourth-order valence-electron chi connectivity index (χ4n) is 3.06. The van der Waals surface area contributed by atoms with Gasteiger partial charge in [-0.15, -0.1) is 11.3 Å². The lowest BCUT2D eigenvalue weighted by Gasteiger charge is -2.06. The molecule has 2 aromatic carbocycles. The summed E-state index contributed by atoms with van der Waals surface area (Å²) in [5.74, 6) is -0.717. The standard InChI is InChI=1S/C21H15BrN2O5S/c1-24-19(25)14-5-3-11(7-15(14)20(24)26)21(27)29-9-13-10-30-18(23-13)16-8-12(22)4-6-17(16)28-2/h3-8,10H,9H2,1-2H3. The third-order valence-corrected chi connectivity index (χ3v) is 6.04. The summed E-state index contributed by atoms with van der Waals surface area (Å²) >= 11 is 4.86. The second-order valence-electron chi connectivity index (χ2n) is 6.49. The molecule has 0 saturated heterocycles. The van der Waals surface area contributed by atoms with Gasteiger partial charge in [0.05, 0.1) is 35.1 Å². The van der Waals surface area contributed by atoms with Crippen molar-refractivity contribution in [1.82, 2.24) is 9.88 Å². The van der Waals surface area contributed by atoms with Crippen LogP contribution in [0.1, 0.15) is 36.8 Å². The first-order valence-electron chi connectivity index (χ1n) is 8.81. The number of methoxy groups -OCH3 is 1. The number of ether oxygens (including phenoxy) is 2. The molecule has 2 amide bonds. The van der Waals surface area contributed by atoms with Crippen molar-refractivity contribution in [3.8, 4) is 16.3 Å². The minimum atomic E-state index is -0.595. The van der Waals surface area contributed by atoms with E-state index >= 15 is 0 Å². The maximum absolute atomic E-state index is 12.4. The monoisotopic (exact) mass is 486 g/mol. The van der Waals surface area contributed by atoms with Gasteiger partial charge in [0.15, 0.2) is 0 Å². The molecule has 7 nitrogen and oxygen atoms in total. The number of carbonyl (C=O) groups is 3. The van der Waals surface area contributed by atoms with Crippen molar-refractivity contribution in [2.24, 2.45) is 0 Å². The lowest BCUT2D eigenvalue weighted by atomic mass is 10.1. The lowest BCUT2D eigenvalue weighted by molar-refractivity contribution is 0.0468. The molecule has 0 atom stereocenters. The van der Waals surface area contributed by atoms with Crippen molar-refractivity contribution in [2.45, 2.75) is 6.61 Å². The van der Waals surface area contributed by atoms with E-state index in [4.69, 9.17) is 9.47 Å². The number of rotatable bonds is 5. The number of carbonyl (C=O) groups excluding carboxylic acids is 3. The molecule has 0 aliphatic carbocycles. The number of amides is 2. The highest BCUT2D eigenvalue weighted by Crippen LogP contribution is 2.34. The Balaban J connectivity index is 1.48. The molecule has 0 N–H and O–H groups in total. The highest BCUT2D eigenvalue weighted by Gasteiger charge is 2.33. The first-order chi connectivity index (χ1) is 14.4. The van der Waals surface area contributed by atoms with Gasteiger partial charge in [-0.1, -0.05) is 15.9 Å². The van der Waals surface area contributed by atoms with Crippen LogP contribution in [0.15, 0.2) is 46.3 Å². The topological polar surface area (TPSA) is 85.8 Å². The molecule has 152 valence electrons. The number of fused-ring (bicyclic) bond motifs is 1. The molecule has 1 aliphatic heterocycles. The van der Waals surface area contributed by atoms with E-state index in [0.717, 1.165) is 19.9 Å². The minimum absolute atomic E-state index is 0.0183. The number of hydrogen-bond donors (Lipinski definition) is 0. The Kier molecular flexibility index (Phi) is 5.40. The average molecular weight is 487 g/mol. The Morgan fingerprint density at radius 1 is 1.10 bits per heavy atom. The first kappa shape index (κ1) is 20.2. The van der Waals surface area contributed by atoms with Crippen LogP contribution in [-0.4, -0.2) is 41.8 Å². The van der Waals surface area contributed by atoms with Crippen LogP contribution in [0.5, 0.6) is 5.75 Å². The number of aromatic nitrogens is 1. The maximum Gasteiger partial charge on any atom is 0.338 e. The zero-order valence-corrected chi connectivity index (χ0v) is 18.4. The Labute approximate surface area is 184 Å². The molecule has 2 heterocycles. The summed E-state index contributed by atoms with van der Waals surface area (Å²) < 4.78 is 11.6. The molecule has 3 aromatic rings. The van der Waals surface area contributed by atoms with Gasteiger partial charge in [-0.05, 0) is 36.4 Å². The normalized spacial score (nSPS) is 12.8. The third-order valence-electron chi connectivity index (χ3n) is 4.62. The van der Waals surface area contributed by atoms with Crippen LogP contribution >= 0.6 is 27.3 Å². The van der Waals surface area contributed by atoms with Gasteiger partial charge < -0.3 is 9.47 Å². The second kappa shape index (κ2) is 8.00. The number of esters is 1. The van der Waals surface area contributed by atoms with E-state index in [2.05, 4.69) is 20.9 Å². The van der Waals surface area contributed by atoms with Crippen molar-refractivity contribution in [3.05, 3.63) is 68.6 Å². The number of halogens is 1. The Morgan fingerprint density at radius 2 is 1.87 bits per heavy atom. The van der Waals surface area contributed by atoms with Gasteiger partial charge in [-0.25, -0.2) is 9.78 Å². The summed E-state index contributed by atoms with van der Waals surface area (Å²) in [6.45, 7) is -0.0183. The van der Waals surface area contributed by atoms with Crippen LogP contribution in [0.4, 0.5) is 0 Å². The number of thiazole rings is 1. The average Bonchev–Trinajstić information content (AvgIpc) is 3.31. The van der Waals surface area contributed by atoms with E-state index in [1.165, 1.54) is 36.6 Å². The summed E-state index contributed by atoms with van der Waals surface area (Å²) in [4.78, 5) is 42.0. The maximum atomic E-state index is 12.4. The first-order valence-corrected chi connectivity index (χ1v) is 10.5. The van der Waals surface area contributed by atoms with Gasteiger partial charge in [0.1, 0.15) is 17.4 Å². The van der Waals surface area contributed by atoms with Crippen LogP contribution in [0.2, 0.25) is 0 Å². The Bertz CT molecular complexity index is 1190. The van der Waals surface area contributed by atoms with Gasteiger partial charge >= 0.3 is 5.97 Å². The van der Waals surface area contributed by atoms with Crippen LogP contribution in [0.3, 0.4) is 0 Å². The van der Waals surface area contributed by atoms with E-state index in [1.807, 2.05) is 23.6 Å². The Morgan fingerprint density at radius 3 is 2.63 bits per heavy atom. The molecular formula is C21H15BrN2O5S. The van der Waals surface area contributed by atoms with E-state index in [0.29, 0.717) is 11.4 Å². The minimum Gasteiger partial charge on any atom is -0.496 e. The third kappa shape index (κ3) is 3.61. The van der Waals surface area contributed by atoms with Crippen molar-refractivity contribution in [2.75, 3.05) is 14.2 Å². The molecule has 0 radical (unpaired) electrons. The lowest BCUT2D eigenvalue weighted by Crippen LogP contribution is -2.24. The highest BCUT2D eigenvalue weighted by atomic mass is 79.9. The smallest absolute Gasteiger partial charge is 0.338 e. The van der Waals surface area contributed by atoms with E-state index in [-0.39, 0.29) is 29.2 Å². The van der Waals surface area contributed by atoms with E-state index in [9.17, 15) is 14.4 Å². The molecule has 1 aromatic heterocycles. The SMILES string of the molecule is COc1ccc(Br)cc1-c1nc(COC(=O)c2ccc3c(c2)C(=O)N(C)C3=O)cs1.